The topological polar surface area (TPSA) is 20.2 Å². The van der Waals surface area contributed by atoms with Gasteiger partial charge in [0.25, 0.3) is 0 Å². The minimum atomic E-state index is -4.26. The van der Waals surface area contributed by atoms with Gasteiger partial charge in [0, 0.05) is 0 Å². The molecule has 0 saturated carbocycles. The number of alkyl halides is 3. The van der Waals surface area contributed by atoms with E-state index in [0.717, 1.165) is 0 Å². The summed E-state index contributed by atoms with van der Waals surface area (Å²) in [6.45, 7) is 1.53. The van der Waals surface area contributed by atoms with Gasteiger partial charge in [-0.25, -0.2) is 0 Å². The molecule has 0 aliphatic carbocycles. The molecule has 0 radical (unpaired) electrons. The molecule has 1 N–H and O–H groups in total. The fourth-order valence-corrected chi connectivity index (χ4v) is 4.81. The van der Waals surface area contributed by atoms with Crippen molar-refractivity contribution in [3.05, 3.63) is 0 Å². The molecule has 1 aliphatic rings. The molecule has 1 nitrogen and oxygen atoms in total. The van der Waals surface area contributed by atoms with Crippen molar-refractivity contribution in [2.24, 2.45) is 11.8 Å². The monoisotopic (exact) mass is 212 g/mol. The van der Waals surface area contributed by atoms with Crippen LogP contribution in [-0.4, -0.2) is 30.1 Å². The predicted molar refractivity (Wildman–Crippen MR) is 48.1 cm³/mol. The van der Waals surface area contributed by atoms with Crippen LogP contribution in [0.4, 0.5) is 13.2 Å². The molecule has 0 bridgehead atoms. The fourth-order valence-electron chi connectivity index (χ4n) is 1.83. The maximum absolute atomic E-state index is 12.4. The van der Waals surface area contributed by atoms with Gasteiger partial charge in [-0.15, -0.1) is 0 Å². The van der Waals surface area contributed by atoms with Crippen LogP contribution in [0.1, 0.15) is 0 Å². The third-order valence-electron chi connectivity index (χ3n) is 2.44. The van der Waals surface area contributed by atoms with Gasteiger partial charge in [-0.3, -0.25) is 0 Å². The summed E-state index contributed by atoms with van der Waals surface area (Å²) in [5.41, 5.74) is 0. The third kappa shape index (κ3) is 2.36. The van der Waals surface area contributed by atoms with Crippen LogP contribution in [0.15, 0.2) is 0 Å². The molecule has 0 aromatic rings. The van der Waals surface area contributed by atoms with Crippen LogP contribution in [0.5, 0.6) is 0 Å². The van der Waals surface area contributed by atoms with Crippen molar-refractivity contribution in [2.75, 3.05) is 19.0 Å². The van der Waals surface area contributed by atoms with E-state index in [4.69, 9.17) is 6.42 Å². The Bertz CT molecular complexity index is 241. The van der Waals surface area contributed by atoms with E-state index in [1.165, 1.54) is 6.66 Å². The SMILES string of the molecule is C#CC1C[PH](C)(O)CC1C(F)(F)F. The molecule has 1 fully saturated rings. The first kappa shape index (κ1) is 10.8. The van der Waals surface area contributed by atoms with Crippen LogP contribution in [0.25, 0.3) is 0 Å². The molecule has 13 heavy (non-hydrogen) atoms. The van der Waals surface area contributed by atoms with Gasteiger partial charge in [0.1, 0.15) is 0 Å². The van der Waals surface area contributed by atoms with Gasteiger partial charge in [0.05, 0.1) is 0 Å². The van der Waals surface area contributed by atoms with Crippen molar-refractivity contribution in [3.8, 4) is 12.3 Å². The quantitative estimate of drug-likeness (QED) is 0.478. The van der Waals surface area contributed by atoms with Crippen LogP contribution < -0.4 is 0 Å². The summed E-state index contributed by atoms with van der Waals surface area (Å²) in [6.07, 6.45) is 0.771. The molecule has 0 aromatic carbocycles. The molecular formula is C8H12F3OP. The predicted octanol–water partition coefficient (Wildman–Crippen LogP) is 1.71. The Morgan fingerprint density at radius 3 is 2.31 bits per heavy atom. The van der Waals surface area contributed by atoms with Gasteiger partial charge in [-0.05, 0) is 0 Å². The molecule has 0 spiro atoms. The van der Waals surface area contributed by atoms with E-state index in [0.29, 0.717) is 0 Å². The second-order valence-electron chi connectivity index (χ2n) is 3.83. The normalized spacial score (nSPS) is 35.4. The number of hydrogen-bond donors (Lipinski definition) is 1. The van der Waals surface area contributed by atoms with Gasteiger partial charge in [-0.2, -0.15) is 0 Å². The first-order valence-electron chi connectivity index (χ1n) is 4.01. The van der Waals surface area contributed by atoms with Crippen molar-refractivity contribution < 1.29 is 18.1 Å². The Morgan fingerprint density at radius 1 is 1.46 bits per heavy atom. The number of halogens is 3. The van der Waals surface area contributed by atoms with Crippen LogP contribution in [0.3, 0.4) is 0 Å². The van der Waals surface area contributed by atoms with Crippen molar-refractivity contribution >= 4 is 7.49 Å². The Morgan fingerprint density at radius 2 is 2.00 bits per heavy atom. The summed E-state index contributed by atoms with van der Waals surface area (Å²) in [4.78, 5) is 9.57. The van der Waals surface area contributed by atoms with Gasteiger partial charge in [0.2, 0.25) is 0 Å². The van der Waals surface area contributed by atoms with E-state index in [-0.39, 0.29) is 12.3 Å². The Labute approximate surface area is 75.7 Å². The van der Waals surface area contributed by atoms with Gasteiger partial charge in [-0.1, -0.05) is 0 Å². The minimum absolute atomic E-state index is 0.147. The molecule has 1 saturated heterocycles. The standard InChI is InChI=1S/C8H12F3OP/c1-3-6-4-13(2,12)5-7(6)8(9,10)11/h1,6-7,12-13H,4-5H2,2H3. The second kappa shape index (κ2) is 3.15. The van der Waals surface area contributed by atoms with E-state index < -0.39 is 25.5 Å². The Hall–Kier alpha value is -0.260. The number of terminal acetylenes is 1. The summed E-state index contributed by atoms with van der Waals surface area (Å²) in [6, 6.07) is 0. The molecule has 76 valence electrons. The fraction of sp³-hybridized carbons (Fsp3) is 0.750. The summed E-state index contributed by atoms with van der Waals surface area (Å²) < 4.78 is 37.1. The maximum atomic E-state index is 12.4. The van der Waals surface area contributed by atoms with Crippen molar-refractivity contribution in [1.29, 1.82) is 0 Å². The zero-order chi connectivity index (χ0) is 10.3. The second-order valence-corrected chi connectivity index (χ2v) is 7.64. The van der Waals surface area contributed by atoms with E-state index in [1.807, 2.05) is 0 Å². The first-order chi connectivity index (χ1) is 5.76. The molecule has 1 heterocycles. The van der Waals surface area contributed by atoms with Gasteiger partial charge in [0.15, 0.2) is 0 Å². The molecule has 2 unspecified atom stereocenters. The molecule has 2 atom stereocenters. The molecule has 5 heteroatoms. The van der Waals surface area contributed by atoms with E-state index in [2.05, 4.69) is 5.92 Å². The molecule has 0 aromatic heterocycles. The average molecular weight is 212 g/mol. The van der Waals surface area contributed by atoms with Crippen molar-refractivity contribution in [1.82, 2.24) is 0 Å². The van der Waals surface area contributed by atoms with Crippen molar-refractivity contribution in [3.63, 3.8) is 0 Å². The van der Waals surface area contributed by atoms with E-state index in [1.54, 1.807) is 0 Å². The van der Waals surface area contributed by atoms with Gasteiger partial charge < -0.3 is 0 Å². The molecule has 1 aliphatic heterocycles. The number of rotatable bonds is 0. The van der Waals surface area contributed by atoms with E-state index in [9.17, 15) is 18.1 Å². The average Bonchev–Trinajstić information content (AvgIpc) is 2.24. The summed E-state index contributed by atoms with van der Waals surface area (Å²) in [5, 5.41) is 0. The van der Waals surface area contributed by atoms with Gasteiger partial charge >= 0.3 is 74.9 Å². The van der Waals surface area contributed by atoms with Crippen LogP contribution in [-0.2, 0) is 0 Å². The van der Waals surface area contributed by atoms with Crippen LogP contribution >= 0.6 is 7.49 Å². The Kier molecular flexibility index (Phi) is 2.62. The molecule has 0 amide bonds. The summed E-state index contributed by atoms with van der Waals surface area (Å²) >= 11 is 0. The molecule has 1 rings (SSSR count). The zero-order valence-electron chi connectivity index (χ0n) is 7.23. The van der Waals surface area contributed by atoms with E-state index >= 15 is 0 Å². The molecular weight excluding hydrogens is 200 g/mol. The Balaban J connectivity index is 2.83. The first-order valence-corrected chi connectivity index (χ1v) is 6.87. The summed E-state index contributed by atoms with van der Waals surface area (Å²) in [7, 11) is -2.66. The zero-order valence-corrected chi connectivity index (χ0v) is 8.23. The summed E-state index contributed by atoms with van der Waals surface area (Å²) in [5.74, 6) is -0.174. The van der Waals surface area contributed by atoms with Crippen molar-refractivity contribution in [2.45, 2.75) is 6.18 Å². The van der Waals surface area contributed by atoms with Crippen LogP contribution in [0, 0.1) is 24.2 Å². The number of hydrogen-bond acceptors (Lipinski definition) is 1. The van der Waals surface area contributed by atoms with Crippen LogP contribution in [0.2, 0.25) is 0 Å². The third-order valence-corrected chi connectivity index (χ3v) is 5.08.